The van der Waals surface area contributed by atoms with Gasteiger partial charge in [-0.2, -0.15) is 8.75 Å². The van der Waals surface area contributed by atoms with Crippen molar-refractivity contribution in [3.8, 4) is 43.9 Å². The molecule has 0 aliphatic rings. The number of ether oxygens (including phenoxy) is 2. The van der Waals surface area contributed by atoms with Crippen LogP contribution in [-0.4, -0.2) is 8.75 Å². The van der Waals surface area contributed by atoms with E-state index in [0.29, 0.717) is 11.5 Å². The average molecular weight is 597 g/mol. The zero-order valence-electron chi connectivity index (χ0n) is 24.0. The van der Waals surface area contributed by atoms with Gasteiger partial charge in [-0.1, -0.05) is 77.9 Å². The van der Waals surface area contributed by atoms with Crippen LogP contribution in [0, 0.1) is 0 Å². The zero-order chi connectivity index (χ0) is 28.8. The number of benzene rings is 3. The van der Waals surface area contributed by atoms with Crippen LogP contribution >= 0.6 is 34.4 Å². The van der Waals surface area contributed by atoms with Crippen molar-refractivity contribution in [2.75, 3.05) is 0 Å². The van der Waals surface area contributed by atoms with E-state index in [9.17, 15) is 0 Å². The highest BCUT2D eigenvalue weighted by atomic mass is 32.1. The van der Waals surface area contributed by atoms with Crippen molar-refractivity contribution in [1.29, 1.82) is 0 Å². The monoisotopic (exact) mass is 596 g/mol. The molecular formula is C34H32N2O2S3. The van der Waals surface area contributed by atoms with E-state index >= 15 is 0 Å². The molecule has 3 aromatic heterocycles. The minimum Gasteiger partial charge on any atom is -0.453 e. The highest BCUT2D eigenvalue weighted by molar-refractivity contribution is 7.14. The fraction of sp³-hybridized carbons (Fsp3) is 0.235. The minimum atomic E-state index is 0.0473. The van der Waals surface area contributed by atoms with E-state index in [1.54, 1.807) is 22.7 Å². The van der Waals surface area contributed by atoms with E-state index in [0.717, 1.165) is 43.4 Å². The molecule has 3 aromatic carbocycles. The number of hydrogen-bond donors (Lipinski definition) is 0. The lowest BCUT2D eigenvalue weighted by atomic mass is 9.87. The molecule has 0 N–H and O–H groups in total. The first-order valence-corrected chi connectivity index (χ1v) is 16.1. The number of fused-ring (bicyclic) bond motifs is 1. The molecule has 0 aliphatic heterocycles. The Bertz CT molecular complexity index is 1640. The molecule has 208 valence electrons. The van der Waals surface area contributed by atoms with Gasteiger partial charge in [0.25, 0.3) is 0 Å². The van der Waals surface area contributed by atoms with E-state index in [-0.39, 0.29) is 10.8 Å². The highest BCUT2D eigenvalue weighted by Gasteiger charge is 2.29. The van der Waals surface area contributed by atoms with Crippen molar-refractivity contribution >= 4 is 45.4 Å². The normalized spacial score (nSPS) is 12.1. The lowest BCUT2D eigenvalue weighted by Crippen LogP contribution is -2.10. The fourth-order valence-electron chi connectivity index (χ4n) is 4.73. The topological polar surface area (TPSA) is 44.2 Å². The predicted molar refractivity (Wildman–Crippen MR) is 174 cm³/mol. The lowest BCUT2D eigenvalue weighted by Gasteiger charge is -2.22. The average Bonchev–Trinajstić information content (AvgIpc) is 3.72. The van der Waals surface area contributed by atoms with Crippen LogP contribution in [0.4, 0.5) is 0 Å². The largest absolute Gasteiger partial charge is 0.453 e. The summed E-state index contributed by atoms with van der Waals surface area (Å²) in [6.07, 6.45) is 0. The van der Waals surface area contributed by atoms with Crippen LogP contribution < -0.4 is 9.47 Å². The second-order valence-corrected chi connectivity index (χ2v) is 14.5. The molecule has 41 heavy (non-hydrogen) atoms. The van der Waals surface area contributed by atoms with E-state index in [1.165, 1.54) is 22.9 Å². The summed E-state index contributed by atoms with van der Waals surface area (Å²) < 4.78 is 23.2. The Kier molecular flexibility index (Phi) is 7.22. The molecule has 0 spiro atoms. The second kappa shape index (κ2) is 10.7. The molecule has 0 aliphatic carbocycles. The van der Waals surface area contributed by atoms with Crippen LogP contribution in [0.25, 0.3) is 31.9 Å². The molecule has 0 saturated heterocycles. The third-order valence-corrected chi connectivity index (χ3v) is 9.34. The van der Waals surface area contributed by atoms with Crippen molar-refractivity contribution < 1.29 is 9.47 Å². The van der Waals surface area contributed by atoms with Gasteiger partial charge in [0.1, 0.15) is 22.5 Å². The zero-order valence-corrected chi connectivity index (χ0v) is 26.5. The molecular weight excluding hydrogens is 565 g/mol. The molecule has 0 unspecified atom stereocenters. The van der Waals surface area contributed by atoms with Gasteiger partial charge in [0.05, 0.1) is 22.9 Å². The Morgan fingerprint density at radius 2 is 0.927 bits per heavy atom. The van der Waals surface area contributed by atoms with Gasteiger partial charge in [0.15, 0.2) is 11.5 Å². The molecule has 0 saturated carbocycles. The quantitative estimate of drug-likeness (QED) is 0.192. The minimum absolute atomic E-state index is 0.0473. The van der Waals surface area contributed by atoms with Crippen LogP contribution in [-0.2, 0) is 10.8 Å². The summed E-state index contributed by atoms with van der Waals surface area (Å²) >= 11 is 4.52. The van der Waals surface area contributed by atoms with E-state index in [2.05, 4.69) is 88.7 Å². The third-order valence-electron chi connectivity index (χ3n) is 7.04. The standard InChI is InChI=1S/C34H32N2O2S3/c1-33(2,3)21-11-15-23(16-12-21)37-31-27(25-9-7-19-39-25)29-30(36-41-35-29)28(26-10-8-20-40-26)32(31)38-24-17-13-22(14-18-24)34(4,5)6/h7-20H,1-6H3. The van der Waals surface area contributed by atoms with Gasteiger partial charge >= 0.3 is 0 Å². The summed E-state index contributed by atoms with van der Waals surface area (Å²) in [6.45, 7) is 13.3. The molecule has 7 heteroatoms. The summed E-state index contributed by atoms with van der Waals surface area (Å²) in [4.78, 5) is 2.10. The van der Waals surface area contributed by atoms with Crippen LogP contribution in [0.3, 0.4) is 0 Å². The third kappa shape index (κ3) is 5.54. The Hall–Kier alpha value is -3.52. The molecule has 0 amide bonds. The van der Waals surface area contributed by atoms with Crippen molar-refractivity contribution in [2.45, 2.75) is 52.4 Å². The summed E-state index contributed by atoms with van der Waals surface area (Å²) in [7, 11) is 0. The van der Waals surface area contributed by atoms with Gasteiger partial charge in [0, 0.05) is 9.75 Å². The molecule has 4 nitrogen and oxygen atoms in total. The fourth-order valence-corrected chi connectivity index (χ4v) is 6.83. The van der Waals surface area contributed by atoms with E-state index in [1.807, 2.05) is 36.4 Å². The molecule has 6 rings (SSSR count). The van der Waals surface area contributed by atoms with Crippen LogP contribution in [0.2, 0.25) is 0 Å². The molecule has 3 heterocycles. The van der Waals surface area contributed by atoms with Crippen LogP contribution in [0.1, 0.15) is 52.7 Å². The van der Waals surface area contributed by atoms with E-state index < -0.39 is 0 Å². The van der Waals surface area contributed by atoms with Crippen molar-refractivity contribution in [2.24, 2.45) is 0 Å². The summed E-state index contributed by atoms with van der Waals surface area (Å²) in [5.74, 6) is 2.76. The number of aromatic nitrogens is 2. The SMILES string of the molecule is CC(C)(C)c1ccc(Oc2c(Oc3ccc(C(C)(C)C)cc3)c(-c3cccs3)c3nsnc3c2-c2cccs2)cc1. The Labute approximate surface area is 253 Å². The van der Waals surface area contributed by atoms with E-state index in [4.69, 9.17) is 18.2 Å². The van der Waals surface area contributed by atoms with Gasteiger partial charge in [-0.3, -0.25) is 0 Å². The predicted octanol–water partition coefficient (Wildman–Crippen LogP) is 11.3. The smallest absolute Gasteiger partial charge is 0.181 e. The molecule has 0 fully saturated rings. The van der Waals surface area contributed by atoms with Crippen LogP contribution in [0.15, 0.2) is 83.6 Å². The molecule has 6 aromatic rings. The Morgan fingerprint density at radius 1 is 0.537 bits per heavy atom. The Morgan fingerprint density at radius 3 is 1.24 bits per heavy atom. The van der Waals surface area contributed by atoms with Crippen molar-refractivity contribution in [3.63, 3.8) is 0 Å². The number of hydrogen-bond acceptors (Lipinski definition) is 7. The number of rotatable bonds is 6. The first kappa shape index (κ1) is 27.6. The summed E-state index contributed by atoms with van der Waals surface area (Å²) in [5, 5.41) is 4.14. The molecule has 0 radical (unpaired) electrons. The Balaban J connectivity index is 1.59. The van der Waals surface area contributed by atoms with Gasteiger partial charge < -0.3 is 9.47 Å². The summed E-state index contributed by atoms with van der Waals surface area (Å²) in [5.41, 5.74) is 6.01. The van der Waals surface area contributed by atoms with Gasteiger partial charge in [-0.15, -0.1) is 22.7 Å². The first-order valence-electron chi connectivity index (χ1n) is 13.6. The maximum atomic E-state index is 6.82. The maximum Gasteiger partial charge on any atom is 0.181 e. The van der Waals surface area contributed by atoms with Gasteiger partial charge in [0.2, 0.25) is 0 Å². The van der Waals surface area contributed by atoms with Crippen molar-refractivity contribution in [1.82, 2.24) is 8.75 Å². The second-order valence-electron chi connectivity index (χ2n) is 12.1. The van der Waals surface area contributed by atoms with Gasteiger partial charge in [-0.05, 0) is 69.1 Å². The maximum absolute atomic E-state index is 6.82. The highest BCUT2D eigenvalue weighted by Crippen LogP contribution is 2.54. The molecule has 0 atom stereocenters. The lowest BCUT2D eigenvalue weighted by molar-refractivity contribution is 0.421. The number of thiophene rings is 2. The first-order chi connectivity index (χ1) is 19.6. The van der Waals surface area contributed by atoms with Crippen molar-refractivity contribution in [3.05, 3.63) is 94.7 Å². The molecule has 0 bridgehead atoms. The van der Waals surface area contributed by atoms with Gasteiger partial charge in [-0.25, -0.2) is 0 Å². The summed E-state index contributed by atoms with van der Waals surface area (Å²) in [6, 6.07) is 25.0. The van der Waals surface area contributed by atoms with Crippen LogP contribution in [0.5, 0.6) is 23.0 Å². The number of nitrogens with zero attached hydrogens (tertiary/aromatic N) is 2.